The number of aryl methyl sites for hydroxylation is 1. The van der Waals surface area contributed by atoms with Gasteiger partial charge in [0.15, 0.2) is 11.4 Å². The number of rotatable bonds is 5. The van der Waals surface area contributed by atoms with E-state index in [1.165, 1.54) is 12.8 Å². The Morgan fingerprint density at radius 3 is 1.63 bits per heavy atom. The molecular formula is C26H42N4. The van der Waals surface area contributed by atoms with E-state index in [0.717, 1.165) is 47.9 Å². The van der Waals surface area contributed by atoms with E-state index in [1.807, 2.05) is 39.8 Å². The Bertz CT molecular complexity index is 715. The fourth-order valence-electron chi connectivity index (χ4n) is 3.91. The van der Waals surface area contributed by atoms with Crippen LogP contribution in [-0.4, -0.2) is 9.97 Å². The molecule has 0 N–H and O–H groups in total. The second-order valence-corrected chi connectivity index (χ2v) is 8.64. The number of allylic oxidation sites excluding steroid dienone is 2. The fourth-order valence-corrected chi connectivity index (χ4v) is 3.91. The molecule has 1 aromatic rings. The molecule has 0 saturated carbocycles. The molecule has 0 saturated heterocycles. The first-order valence-electron chi connectivity index (χ1n) is 11.6. The maximum absolute atomic E-state index is 8.87. The molecule has 0 fully saturated rings. The summed E-state index contributed by atoms with van der Waals surface area (Å²) >= 11 is 0. The number of aromatic nitrogens is 2. The van der Waals surface area contributed by atoms with Crippen LogP contribution in [-0.2, 0) is 6.42 Å². The van der Waals surface area contributed by atoms with Gasteiger partial charge in [-0.2, -0.15) is 10.5 Å². The average Bonchev–Trinajstić information content (AvgIpc) is 2.75. The Balaban J connectivity index is 0.000000535. The number of hydrogen-bond acceptors (Lipinski definition) is 4. The van der Waals surface area contributed by atoms with Crippen molar-refractivity contribution in [2.45, 2.75) is 93.9 Å². The van der Waals surface area contributed by atoms with Gasteiger partial charge in [-0.3, -0.25) is 0 Å². The van der Waals surface area contributed by atoms with E-state index >= 15 is 0 Å². The first kappa shape index (κ1) is 27.8. The molecule has 1 aliphatic carbocycles. The van der Waals surface area contributed by atoms with Crippen LogP contribution in [0.4, 0.5) is 0 Å². The Labute approximate surface area is 185 Å². The summed E-state index contributed by atoms with van der Waals surface area (Å²) in [6, 6.07) is 3.83. The lowest BCUT2D eigenvalue weighted by Gasteiger charge is -2.34. The molecule has 4 heteroatoms. The average molecular weight is 411 g/mol. The summed E-state index contributed by atoms with van der Waals surface area (Å²) in [5.74, 6) is 3.77. The zero-order valence-corrected chi connectivity index (χ0v) is 20.7. The van der Waals surface area contributed by atoms with E-state index in [9.17, 15) is 0 Å². The molecule has 0 spiro atoms. The minimum Gasteiger partial charge on any atom is -0.237 e. The van der Waals surface area contributed by atoms with Crippen LogP contribution in [0.1, 0.15) is 110 Å². The summed E-state index contributed by atoms with van der Waals surface area (Å²) in [5, 5.41) is 17.7. The lowest BCUT2D eigenvalue weighted by atomic mass is 9.71. The second kappa shape index (κ2) is 14.7. The second-order valence-electron chi connectivity index (χ2n) is 8.64. The monoisotopic (exact) mass is 410 g/mol. The molecule has 0 bridgehead atoms. The summed E-state index contributed by atoms with van der Waals surface area (Å²) in [7, 11) is 0. The number of nitriles is 2. The summed E-state index contributed by atoms with van der Waals surface area (Å²) in [6.07, 6.45) is 9.08. The van der Waals surface area contributed by atoms with Crippen molar-refractivity contribution in [2.75, 3.05) is 0 Å². The predicted molar refractivity (Wildman–Crippen MR) is 126 cm³/mol. The first-order chi connectivity index (χ1) is 14.3. The van der Waals surface area contributed by atoms with Crippen LogP contribution in [0.15, 0.2) is 12.2 Å². The van der Waals surface area contributed by atoms with Crippen molar-refractivity contribution in [3.63, 3.8) is 0 Å². The van der Waals surface area contributed by atoms with Gasteiger partial charge in [0.1, 0.15) is 12.1 Å². The lowest BCUT2D eigenvalue weighted by Crippen LogP contribution is -2.25. The molecule has 2 unspecified atom stereocenters. The maximum Gasteiger partial charge on any atom is 0.177 e. The molecule has 2 rings (SSSR count). The van der Waals surface area contributed by atoms with Crippen molar-refractivity contribution < 1.29 is 0 Å². The summed E-state index contributed by atoms with van der Waals surface area (Å²) in [6.45, 7) is 19.5. The highest BCUT2D eigenvalue weighted by Crippen LogP contribution is 2.36. The van der Waals surface area contributed by atoms with Crippen LogP contribution in [0, 0.1) is 46.3 Å². The van der Waals surface area contributed by atoms with Crippen molar-refractivity contribution in [1.29, 1.82) is 10.5 Å². The Kier molecular flexibility index (Phi) is 13.7. The predicted octanol–water partition coefficient (Wildman–Crippen LogP) is 7.20. The molecule has 4 nitrogen and oxygen atoms in total. The highest BCUT2D eigenvalue weighted by molar-refractivity contribution is 5.38. The highest BCUT2D eigenvalue weighted by Gasteiger charge is 2.27. The van der Waals surface area contributed by atoms with Crippen LogP contribution >= 0.6 is 0 Å². The number of nitrogens with zero attached hydrogens (tertiary/aromatic N) is 4. The van der Waals surface area contributed by atoms with Crippen molar-refractivity contribution in [1.82, 2.24) is 9.97 Å². The van der Waals surface area contributed by atoms with Crippen LogP contribution in [0.3, 0.4) is 0 Å². The fraction of sp³-hybridized carbons (Fsp3) is 0.692. The molecule has 1 aromatic heterocycles. The SMILES string of the molecule is CC.CC(C)C1CC=CCC1C(C)C.CCCc1nc(C#N)c(C#N)nc1C(C)C. The quantitative estimate of drug-likeness (QED) is 0.481. The van der Waals surface area contributed by atoms with E-state index in [2.05, 4.69) is 56.7 Å². The summed E-state index contributed by atoms with van der Waals surface area (Å²) < 4.78 is 0. The van der Waals surface area contributed by atoms with E-state index in [0.29, 0.717) is 0 Å². The Hall–Kier alpha value is -2.20. The van der Waals surface area contributed by atoms with Gasteiger partial charge in [0.05, 0.1) is 11.4 Å². The van der Waals surface area contributed by atoms with Crippen molar-refractivity contribution in [2.24, 2.45) is 23.7 Å². The van der Waals surface area contributed by atoms with Gasteiger partial charge in [-0.1, -0.05) is 80.9 Å². The highest BCUT2D eigenvalue weighted by atomic mass is 14.9. The van der Waals surface area contributed by atoms with Gasteiger partial charge in [-0.15, -0.1) is 0 Å². The van der Waals surface area contributed by atoms with E-state index < -0.39 is 0 Å². The van der Waals surface area contributed by atoms with Crippen LogP contribution < -0.4 is 0 Å². The minimum absolute atomic E-state index is 0.131. The van der Waals surface area contributed by atoms with Gasteiger partial charge in [-0.25, -0.2) is 9.97 Å². The largest absolute Gasteiger partial charge is 0.237 e. The molecule has 0 aliphatic heterocycles. The molecule has 0 aromatic carbocycles. The first-order valence-corrected chi connectivity index (χ1v) is 11.6. The smallest absolute Gasteiger partial charge is 0.177 e. The van der Waals surface area contributed by atoms with Gasteiger partial charge < -0.3 is 0 Å². The molecule has 166 valence electrons. The van der Waals surface area contributed by atoms with Gasteiger partial charge in [0, 0.05) is 0 Å². The van der Waals surface area contributed by atoms with Crippen molar-refractivity contribution in [3.05, 3.63) is 34.9 Å². The van der Waals surface area contributed by atoms with Gasteiger partial charge in [0.2, 0.25) is 0 Å². The van der Waals surface area contributed by atoms with Crippen LogP contribution in [0.25, 0.3) is 0 Å². The molecule has 30 heavy (non-hydrogen) atoms. The minimum atomic E-state index is 0.131. The normalized spacial score (nSPS) is 17.5. The maximum atomic E-state index is 8.87. The van der Waals surface area contributed by atoms with Gasteiger partial charge in [-0.05, 0) is 48.9 Å². The molecule has 0 radical (unpaired) electrons. The van der Waals surface area contributed by atoms with Crippen molar-refractivity contribution >= 4 is 0 Å². The molecular weight excluding hydrogens is 368 g/mol. The van der Waals surface area contributed by atoms with Gasteiger partial charge >= 0.3 is 0 Å². The standard InChI is InChI=1S/C12H14N4.C12H22.C2H6/c1-4-5-9-12(8(2)3)16-11(7-14)10(6-13)15-9;1-9(2)11-7-5-6-8-12(11)10(3)4;1-2/h8H,4-5H2,1-3H3;5-6,9-12H,7-8H2,1-4H3;1-2H3. The Morgan fingerprint density at radius 1 is 0.867 bits per heavy atom. The molecule has 0 amide bonds. The lowest BCUT2D eigenvalue weighted by molar-refractivity contribution is 0.191. The van der Waals surface area contributed by atoms with Gasteiger partial charge in [0.25, 0.3) is 0 Å². The van der Waals surface area contributed by atoms with Crippen LogP contribution in [0.2, 0.25) is 0 Å². The third-order valence-corrected chi connectivity index (χ3v) is 5.49. The molecule has 1 aliphatic rings. The number of hydrogen-bond donors (Lipinski definition) is 0. The Morgan fingerprint density at radius 2 is 1.30 bits per heavy atom. The zero-order chi connectivity index (χ0) is 23.3. The zero-order valence-electron chi connectivity index (χ0n) is 20.7. The molecule has 1 heterocycles. The van der Waals surface area contributed by atoms with Crippen LogP contribution in [0.5, 0.6) is 0 Å². The van der Waals surface area contributed by atoms with E-state index in [4.69, 9.17) is 10.5 Å². The van der Waals surface area contributed by atoms with E-state index in [1.54, 1.807) is 0 Å². The summed E-state index contributed by atoms with van der Waals surface area (Å²) in [4.78, 5) is 8.46. The van der Waals surface area contributed by atoms with Crippen molar-refractivity contribution in [3.8, 4) is 12.1 Å². The molecule has 2 atom stereocenters. The summed E-state index contributed by atoms with van der Waals surface area (Å²) in [5.41, 5.74) is 1.94. The third-order valence-electron chi connectivity index (χ3n) is 5.49. The third kappa shape index (κ3) is 8.27. The topological polar surface area (TPSA) is 73.4 Å². The van der Waals surface area contributed by atoms with E-state index in [-0.39, 0.29) is 17.3 Å².